The van der Waals surface area contributed by atoms with E-state index in [0.717, 1.165) is 10.9 Å². The Morgan fingerprint density at radius 2 is 2.00 bits per heavy atom. The van der Waals surface area contributed by atoms with Crippen LogP contribution >= 0.6 is 23.4 Å². The summed E-state index contributed by atoms with van der Waals surface area (Å²) in [7, 11) is 1.58. The van der Waals surface area contributed by atoms with Crippen LogP contribution in [0.4, 0.5) is 5.69 Å². The number of halogens is 1. The number of hydrogen-bond donors (Lipinski definition) is 1. The fraction of sp³-hybridized carbons (Fsp3) is 0.238. The van der Waals surface area contributed by atoms with Gasteiger partial charge in [-0.1, -0.05) is 11.6 Å². The number of fused-ring (bicyclic) bond motifs is 1. The van der Waals surface area contributed by atoms with E-state index in [0.29, 0.717) is 33.7 Å². The molecule has 1 saturated heterocycles. The highest BCUT2D eigenvalue weighted by Gasteiger charge is 2.37. The number of amides is 2. The van der Waals surface area contributed by atoms with Gasteiger partial charge in [-0.05, 0) is 49.4 Å². The molecular weight excluding hydrogens is 412 g/mol. The van der Waals surface area contributed by atoms with E-state index in [2.05, 4.69) is 5.32 Å². The van der Waals surface area contributed by atoms with Gasteiger partial charge in [0.15, 0.2) is 5.76 Å². The van der Waals surface area contributed by atoms with E-state index in [4.69, 9.17) is 20.8 Å². The summed E-state index contributed by atoms with van der Waals surface area (Å²) in [5, 5.41) is 4.25. The average Bonchev–Trinajstić information content (AvgIpc) is 3.34. The van der Waals surface area contributed by atoms with Crippen molar-refractivity contribution < 1.29 is 18.7 Å². The number of hydrogen-bond acceptors (Lipinski definition) is 5. The third-order valence-electron chi connectivity index (χ3n) is 4.90. The first-order chi connectivity index (χ1) is 14.0. The van der Waals surface area contributed by atoms with Crippen LogP contribution in [0.3, 0.4) is 0 Å². The van der Waals surface area contributed by atoms with Crippen LogP contribution in [0.2, 0.25) is 5.02 Å². The second-order valence-corrected chi connectivity index (χ2v) is 8.14. The molecule has 3 aromatic rings. The number of nitrogens with one attached hydrogen (secondary N) is 1. The molecule has 150 valence electrons. The highest BCUT2D eigenvalue weighted by Crippen LogP contribution is 2.31. The van der Waals surface area contributed by atoms with Crippen molar-refractivity contribution in [2.24, 2.45) is 0 Å². The Morgan fingerprint density at radius 3 is 2.72 bits per heavy atom. The van der Waals surface area contributed by atoms with Crippen molar-refractivity contribution in [3.63, 3.8) is 0 Å². The van der Waals surface area contributed by atoms with Gasteiger partial charge in [-0.2, -0.15) is 0 Å². The summed E-state index contributed by atoms with van der Waals surface area (Å²) in [4.78, 5) is 27.5. The maximum atomic E-state index is 13.2. The Labute approximate surface area is 177 Å². The molecule has 8 heteroatoms. The molecule has 1 unspecified atom stereocenters. The topological polar surface area (TPSA) is 71.8 Å². The molecule has 4 rings (SSSR count). The molecule has 2 amide bonds. The number of nitrogens with zero attached hydrogens (tertiary/aromatic N) is 1. The second kappa shape index (κ2) is 8.00. The van der Waals surface area contributed by atoms with Crippen molar-refractivity contribution >= 4 is 51.8 Å². The number of furan rings is 1. The predicted molar refractivity (Wildman–Crippen MR) is 115 cm³/mol. The van der Waals surface area contributed by atoms with E-state index in [1.165, 1.54) is 11.8 Å². The molecule has 1 aliphatic heterocycles. The van der Waals surface area contributed by atoms with Gasteiger partial charge in [-0.15, -0.1) is 11.8 Å². The number of thioether (sulfide) groups is 1. The summed E-state index contributed by atoms with van der Waals surface area (Å²) < 4.78 is 10.9. The van der Waals surface area contributed by atoms with Crippen LogP contribution in [-0.2, 0) is 4.79 Å². The third kappa shape index (κ3) is 3.80. The smallest absolute Gasteiger partial charge is 0.291 e. The summed E-state index contributed by atoms with van der Waals surface area (Å²) in [5.41, 5.74) is 1.97. The van der Waals surface area contributed by atoms with Crippen LogP contribution in [0.25, 0.3) is 11.0 Å². The van der Waals surface area contributed by atoms with E-state index in [-0.39, 0.29) is 17.6 Å². The van der Waals surface area contributed by atoms with Crippen molar-refractivity contribution in [1.82, 2.24) is 4.90 Å². The third-order valence-corrected chi connectivity index (χ3v) is 6.14. The Kier molecular flexibility index (Phi) is 5.43. The molecule has 0 radical (unpaired) electrons. The number of anilines is 1. The molecular formula is C21H19ClN2O4S. The molecule has 1 aliphatic rings. The minimum absolute atomic E-state index is 0.231. The van der Waals surface area contributed by atoms with Crippen LogP contribution in [0.15, 0.2) is 46.9 Å². The van der Waals surface area contributed by atoms with Crippen LogP contribution < -0.4 is 10.1 Å². The standard InChI is InChI=1S/C21H19ClN2O4S/c1-12-16-9-13(22)3-8-18(16)28-19(12)21(26)24-11-29-10-17(24)20(25)23-14-4-6-15(27-2)7-5-14/h3-9,17H,10-11H2,1-2H3,(H,23,25). The fourth-order valence-corrected chi connectivity index (χ4v) is 4.61. The number of ether oxygens (including phenoxy) is 1. The van der Waals surface area contributed by atoms with Crippen molar-refractivity contribution in [1.29, 1.82) is 0 Å². The van der Waals surface area contributed by atoms with E-state index in [1.54, 1.807) is 54.5 Å². The van der Waals surface area contributed by atoms with Gasteiger partial charge in [0.2, 0.25) is 5.91 Å². The van der Waals surface area contributed by atoms with Crippen LogP contribution in [0.1, 0.15) is 16.1 Å². The quantitative estimate of drug-likeness (QED) is 0.657. The lowest BCUT2D eigenvalue weighted by Gasteiger charge is -2.22. The number of aryl methyl sites for hydroxylation is 1. The van der Waals surface area contributed by atoms with Gasteiger partial charge in [-0.25, -0.2) is 0 Å². The first-order valence-electron chi connectivity index (χ1n) is 9.00. The normalized spacial score (nSPS) is 16.2. The van der Waals surface area contributed by atoms with Crippen LogP contribution in [0.5, 0.6) is 5.75 Å². The van der Waals surface area contributed by atoms with Crippen LogP contribution in [-0.4, -0.2) is 41.5 Å². The summed E-state index contributed by atoms with van der Waals surface area (Å²) in [6.07, 6.45) is 0. The minimum Gasteiger partial charge on any atom is -0.497 e. The van der Waals surface area contributed by atoms with E-state index in [9.17, 15) is 9.59 Å². The zero-order valence-electron chi connectivity index (χ0n) is 15.9. The minimum atomic E-state index is -0.578. The number of carbonyl (C=O) groups is 2. The molecule has 2 heterocycles. The predicted octanol–water partition coefficient (Wildman–Crippen LogP) is 4.56. The molecule has 6 nitrogen and oxygen atoms in total. The first kappa shape index (κ1) is 19.7. The van der Waals surface area contributed by atoms with Gasteiger partial charge in [-0.3, -0.25) is 9.59 Å². The van der Waals surface area contributed by atoms with Crippen molar-refractivity contribution in [2.75, 3.05) is 24.1 Å². The molecule has 29 heavy (non-hydrogen) atoms. The maximum absolute atomic E-state index is 13.2. The van der Waals surface area contributed by atoms with Gasteiger partial charge in [0, 0.05) is 27.4 Å². The van der Waals surface area contributed by atoms with Gasteiger partial charge < -0.3 is 19.4 Å². The summed E-state index contributed by atoms with van der Waals surface area (Å²) in [6, 6.07) is 11.7. The lowest BCUT2D eigenvalue weighted by atomic mass is 10.1. The van der Waals surface area contributed by atoms with E-state index < -0.39 is 6.04 Å². The zero-order valence-corrected chi connectivity index (χ0v) is 17.5. The molecule has 2 aromatic carbocycles. The molecule has 0 bridgehead atoms. The summed E-state index contributed by atoms with van der Waals surface area (Å²) >= 11 is 7.60. The van der Waals surface area contributed by atoms with Gasteiger partial charge in [0.25, 0.3) is 5.91 Å². The number of methoxy groups -OCH3 is 1. The Bertz CT molecular complexity index is 1080. The largest absolute Gasteiger partial charge is 0.497 e. The number of rotatable bonds is 4. The molecule has 1 N–H and O–H groups in total. The van der Waals surface area contributed by atoms with E-state index in [1.807, 2.05) is 6.92 Å². The summed E-state index contributed by atoms with van der Waals surface area (Å²) in [6.45, 7) is 1.82. The fourth-order valence-electron chi connectivity index (χ4n) is 3.29. The molecule has 0 saturated carbocycles. The highest BCUT2D eigenvalue weighted by atomic mass is 35.5. The summed E-state index contributed by atoms with van der Waals surface area (Å²) in [5.74, 6) is 1.37. The Hall–Kier alpha value is -2.64. The number of carbonyl (C=O) groups excluding carboxylic acids is 2. The van der Waals surface area contributed by atoms with Gasteiger partial charge in [0.1, 0.15) is 17.4 Å². The molecule has 1 aromatic heterocycles. The average molecular weight is 431 g/mol. The lowest BCUT2D eigenvalue weighted by molar-refractivity contribution is -0.119. The SMILES string of the molecule is COc1ccc(NC(=O)C2CSCN2C(=O)c2oc3ccc(Cl)cc3c2C)cc1. The Morgan fingerprint density at radius 1 is 1.24 bits per heavy atom. The Balaban J connectivity index is 1.55. The van der Waals surface area contributed by atoms with Crippen molar-refractivity contribution in [2.45, 2.75) is 13.0 Å². The lowest BCUT2D eigenvalue weighted by Crippen LogP contribution is -2.44. The molecule has 0 aliphatic carbocycles. The molecule has 1 atom stereocenters. The zero-order chi connectivity index (χ0) is 20.5. The second-order valence-electron chi connectivity index (χ2n) is 6.71. The monoisotopic (exact) mass is 430 g/mol. The van der Waals surface area contributed by atoms with Crippen molar-refractivity contribution in [3.8, 4) is 5.75 Å². The number of benzene rings is 2. The maximum Gasteiger partial charge on any atom is 0.291 e. The van der Waals surface area contributed by atoms with Crippen LogP contribution in [0, 0.1) is 6.92 Å². The molecule has 1 fully saturated rings. The molecule has 0 spiro atoms. The van der Waals surface area contributed by atoms with Gasteiger partial charge >= 0.3 is 0 Å². The first-order valence-corrected chi connectivity index (χ1v) is 10.5. The van der Waals surface area contributed by atoms with Crippen molar-refractivity contribution in [3.05, 3.63) is 58.8 Å². The van der Waals surface area contributed by atoms with Gasteiger partial charge in [0.05, 0.1) is 13.0 Å². The van der Waals surface area contributed by atoms with E-state index >= 15 is 0 Å². The highest BCUT2D eigenvalue weighted by molar-refractivity contribution is 7.99.